The Hall–Kier alpha value is -1.32. The van der Waals surface area contributed by atoms with Crippen molar-refractivity contribution < 1.29 is 23.5 Å². The number of β-amino-alcohol motifs (C(OH)–C–C–N with tert-alkyl or cyclic N) is 1. The number of hydrogen-bond donors (Lipinski definition) is 2. The molecule has 3 heterocycles. The Labute approximate surface area is 170 Å². The number of halogens is 2. The highest BCUT2D eigenvalue weighted by molar-refractivity contribution is 5.78. The van der Waals surface area contributed by atoms with Gasteiger partial charge in [0.25, 0.3) is 0 Å². The average molecular weight is 414 g/mol. The Morgan fingerprint density at radius 3 is 2.45 bits per heavy atom. The van der Waals surface area contributed by atoms with Crippen LogP contribution in [0.15, 0.2) is 0 Å². The first-order valence-electron chi connectivity index (χ1n) is 10.8. The van der Waals surface area contributed by atoms with E-state index in [4.69, 9.17) is 0 Å². The van der Waals surface area contributed by atoms with Crippen LogP contribution in [0.25, 0.3) is 0 Å². The minimum absolute atomic E-state index is 0.0231. The zero-order chi connectivity index (χ0) is 20.8. The molecule has 4 fully saturated rings. The van der Waals surface area contributed by atoms with E-state index < -0.39 is 5.92 Å². The van der Waals surface area contributed by atoms with Gasteiger partial charge in [0.1, 0.15) is 0 Å². The minimum Gasteiger partial charge on any atom is -0.392 e. The van der Waals surface area contributed by atoms with Crippen LogP contribution in [0, 0.1) is 0 Å². The highest BCUT2D eigenvalue weighted by Gasteiger charge is 2.58. The van der Waals surface area contributed by atoms with E-state index in [9.17, 15) is 23.5 Å². The molecule has 9 heteroatoms. The number of rotatable bonds is 4. The molecule has 1 spiro atoms. The molecule has 0 aromatic heterocycles. The lowest BCUT2D eigenvalue weighted by atomic mass is 9.80. The van der Waals surface area contributed by atoms with Crippen molar-refractivity contribution in [1.82, 2.24) is 20.0 Å². The summed E-state index contributed by atoms with van der Waals surface area (Å²) in [5, 5.41) is 12.9. The largest absolute Gasteiger partial charge is 0.392 e. The van der Waals surface area contributed by atoms with Gasteiger partial charge in [0.15, 0.2) is 0 Å². The van der Waals surface area contributed by atoms with Gasteiger partial charge in [0.2, 0.25) is 17.7 Å². The molecule has 2 unspecified atom stereocenters. The van der Waals surface area contributed by atoms with E-state index in [2.05, 4.69) is 15.1 Å². The van der Waals surface area contributed by atoms with Crippen molar-refractivity contribution in [1.29, 1.82) is 0 Å². The molecule has 4 aliphatic rings. The highest BCUT2D eigenvalue weighted by atomic mass is 19.3. The molecule has 0 bridgehead atoms. The summed E-state index contributed by atoms with van der Waals surface area (Å²) < 4.78 is 27.0. The molecule has 3 saturated heterocycles. The molecular weight excluding hydrogens is 382 g/mol. The van der Waals surface area contributed by atoms with Crippen LogP contribution in [0.3, 0.4) is 0 Å². The summed E-state index contributed by atoms with van der Waals surface area (Å²) in [4.78, 5) is 30.3. The molecule has 0 aromatic rings. The highest BCUT2D eigenvalue weighted by Crippen LogP contribution is 2.43. The smallest absolute Gasteiger partial charge is 0.248 e. The summed E-state index contributed by atoms with van der Waals surface area (Å²) in [5.74, 6) is -2.65. The van der Waals surface area contributed by atoms with Gasteiger partial charge >= 0.3 is 0 Å². The van der Waals surface area contributed by atoms with E-state index in [1.807, 2.05) is 4.90 Å². The predicted octanol–water partition coefficient (Wildman–Crippen LogP) is 0.422. The molecule has 29 heavy (non-hydrogen) atoms. The van der Waals surface area contributed by atoms with Crippen molar-refractivity contribution in [3.63, 3.8) is 0 Å². The number of alkyl halides is 2. The molecule has 2 amide bonds. The number of likely N-dealkylation sites (tertiary alicyclic amines) is 1. The van der Waals surface area contributed by atoms with Crippen molar-refractivity contribution in [3.05, 3.63) is 0 Å². The average Bonchev–Trinajstić information content (AvgIpc) is 2.99. The zero-order valence-electron chi connectivity index (χ0n) is 17.1. The lowest BCUT2D eigenvalue weighted by Gasteiger charge is -2.63. The van der Waals surface area contributed by atoms with Crippen LogP contribution in [0.4, 0.5) is 8.78 Å². The standard InChI is InChI=1S/C20H32F2N4O3/c1-14(27)23-7-4-18(29)24-9-16-8-17(28)10-26(16)19(11-24)12-25(13-19)15-2-5-20(21,22)6-3-15/h15-17,28H,2-13H2,1H3,(H,23,27). The van der Waals surface area contributed by atoms with Crippen LogP contribution in [0.5, 0.6) is 0 Å². The molecule has 164 valence electrons. The number of piperazine rings is 1. The van der Waals surface area contributed by atoms with Crippen molar-refractivity contribution >= 4 is 11.8 Å². The second-order valence-corrected chi connectivity index (χ2v) is 9.42. The normalized spacial score (nSPS) is 32.1. The lowest BCUT2D eigenvalue weighted by Crippen LogP contribution is -2.79. The maximum absolute atomic E-state index is 13.5. The molecule has 0 radical (unpaired) electrons. The Kier molecular flexibility index (Phi) is 5.59. The van der Waals surface area contributed by atoms with Gasteiger partial charge in [-0.25, -0.2) is 8.78 Å². The van der Waals surface area contributed by atoms with Crippen LogP contribution in [0.1, 0.15) is 45.4 Å². The van der Waals surface area contributed by atoms with Crippen LogP contribution < -0.4 is 5.32 Å². The number of aliphatic hydroxyl groups excluding tert-OH is 1. The quantitative estimate of drug-likeness (QED) is 0.698. The number of carbonyl (C=O) groups excluding carboxylic acids is 2. The van der Waals surface area contributed by atoms with Crippen molar-refractivity contribution in [2.24, 2.45) is 0 Å². The Morgan fingerprint density at radius 1 is 1.10 bits per heavy atom. The van der Waals surface area contributed by atoms with E-state index in [1.54, 1.807) is 0 Å². The Morgan fingerprint density at radius 2 is 1.79 bits per heavy atom. The van der Waals surface area contributed by atoms with Gasteiger partial charge < -0.3 is 15.3 Å². The van der Waals surface area contributed by atoms with Gasteiger partial charge in [-0.15, -0.1) is 0 Å². The third-order valence-electron chi connectivity index (χ3n) is 7.18. The fourth-order valence-electron chi connectivity index (χ4n) is 5.74. The molecule has 2 N–H and O–H groups in total. The van der Waals surface area contributed by atoms with E-state index in [1.165, 1.54) is 6.92 Å². The number of fused-ring (bicyclic) bond motifs is 2. The molecule has 7 nitrogen and oxygen atoms in total. The molecule has 1 saturated carbocycles. The molecule has 1 aliphatic carbocycles. The predicted molar refractivity (Wildman–Crippen MR) is 103 cm³/mol. The molecular formula is C20H32F2N4O3. The summed E-state index contributed by atoms with van der Waals surface area (Å²) in [6.07, 6.45) is 1.51. The topological polar surface area (TPSA) is 76.1 Å². The number of aliphatic hydroxyl groups is 1. The van der Waals surface area contributed by atoms with Gasteiger partial charge in [0, 0.05) is 77.5 Å². The van der Waals surface area contributed by atoms with Gasteiger partial charge in [-0.2, -0.15) is 0 Å². The zero-order valence-corrected chi connectivity index (χ0v) is 17.1. The van der Waals surface area contributed by atoms with Crippen molar-refractivity contribution in [3.8, 4) is 0 Å². The first-order valence-corrected chi connectivity index (χ1v) is 10.8. The minimum atomic E-state index is -2.52. The van der Waals surface area contributed by atoms with Gasteiger partial charge in [-0.3, -0.25) is 19.4 Å². The van der Waals surface area contributed by atoms with Crippen molar-refractivity contribution in [2.45, 2.75) is 75.1 Å². The summed E-state index contributed by atoms with van der Waals surface area (Å²) in [7, 11) is 0. The third-order valence-corrected chi connectivity index (χ3v) is 7.18. The summed E-state index contributed by atoms with van der Waals surface area (Å²) in [6.45, 7) is 5.13. The van der Waals surface area contributed by atoms with Crippen LogP contribution in [-0.4, -0.2) is 101 Å². The molecule has 4 rings (SSSR count). The van der Waals surface area contributed by atoms with Gasteiger partial charge in [0.05, 0.1) is 11.6 Å². The SMILES string of the molecule is CC(=O)NCCC(=O)N1CC2CC(O)CN2C2(C1)CN(C1CCC(F)(F)CC1)C2. The first-order chi connectivity index (χ1) is 13.7. The van der Waals surface area contributed by atoms with E-state index >= 15 is 0 Å². The van der Waals surface area contributed by atoms with E-state index in [-0.39, 0.29) is 54.8 Å². The van der Waals surface area contributed by atoms with E-state index in [0.29, 0.717) is 45.4 Å². The summed E-state index contributed by atoms with van der Waals surface area (Å²) in [6, 6.07) is 0.332. The van der Waals surface area contributed by atoms with Gasteiger partial charge in [-0.1, -0.05) is 0 Å². The van der Waals surface area contributed by atoms with Crippen LogP contribution >= 0.6 is 0 Å². The lowest BCUT2D eigenvalue weighted by molar-refractivity contribution is -0.158. The number of nitrogens with zero attached hydrogens (tertiary/aromatic N) is 3. The Balaban J connectivity index is 1.39. The second-order valence-electron chi connectivity index (χ2n) is 9.42. The maximum Gasteiger partial charge on any atom is 0.248 e. The Bertz CT molecular complexity index is 646. The monoisotopic (exact) mass is 414 g/mol. The number of carbonyl (C=O) groups is 2. The summed E-state index contributed by atoms with van der Waals surface area (Å²) in [5.41, 5.74) is -0.190. The van der Waals surface area contributed by atoms with Gasteiger partial charge in [-0.05, 0) is 19.3 Å². The van der Waals surface area contributed by atoms with Crippen molar-refractivity contribution in [2.75, 3.05) is 39.3 Å². The number of nitrogens with one attached hydrogen (secondary N) is 1. The fourth-order valence-corrected chi connectivity index (χ4v) is 5.74. The van der Waals surface area contributed by atoms with Crippen LogP contribution in [0.2, 0.25) is 0 Å². The fraction of sp³-hybridized carbons (Fsp3) is 0.900. The van der Waals surface area contributed by atoms with E-state index in [0.717, 1.165) is 13.1 Å². The summed E-state index contributed by atoms with van der Waals surface area (Å²) >= 11 is 0. The second kappa shape index (κ2) is 7.74. The maximum atomic E-state index is 13.5. The molecule has 0 aromatic carbocycles. The van der Waals surface area contributed by atoms with Crippen LogP contribution in [-0.2, 0) is 9.59 Å². The number of amides is 2. The first kappa shape index (κ1) is 20.9. The number of hydrogen-bond acceptors (Lipinski definition) is 5. The molecule has 3 aliphatic heterocycles. The molecule has 2 atom stereocenters. The third kappa shape index (κ3) is 4.27.